The molecule has 2 amide bonds. The topological polar surface area (TPSA) is 85.9 Å². The number of aromatic nitrogens is 1. The van der Waals surface area contributed by atoms with E-state index >= 15 is 0 Å². The molecule has 1 atom stereocenters. The van der Waals surface area contributed by atoms with Gasteiger partial charge in [-0.05, 0) is 61.2 Å². The monoisotopic (exact) mass is 463 g/mol. The van der Waals surface area contributed by atoms with E-state index in [4.69, 9.17) is 13.9 Å². The van der Waals surface area contributed by atoms with E-state index in [0.29, 0.717) is 42.0 Å². The number of nitrogens with zero attached hydrogens (tertiary/aromatic N) is 2. The molecule has 0 spiro atoms. The third-order valence-electron chi connectivity index (χ3n) is 6.55. The molecule has 4 heterocycles. The van der Waals surface area contributed by atoms with Gasteiger partial charge in [-0.3, -0.25) is 9.59 Å². The summed E-state index contributed by atoms with van der Waals surface area (Å²) >= 11 is 0. The smallest absolute Gasteiger partial charge is 0.271 e. The minimum absolute atomic E-state index is 0.174. The maximum atomic E-state index is 13.8. The summed E-state index contributed by atoms with van der Waals surface area (Å²) in [6.07, 6.45) is 2.47. The fourth-order valence-electron chi connectivity index (χ4n) is 4.55. The van der Waals surface area contributed by atoms with Crippen LogP contribution in [0.5, 0.6) is 11.5 Å². The lowest BCUT2D eigenvalue weighted by molar-refractivity contribution is -0.133. The first-order chi connectivity index (χ1) is 16.4. The van der Waals surface area contributed by atoms with Crippen molar-refractivity contribution in [1.82, 2.24) is 14.8 Å². The molecule has 2 aliphatic rings. The highest BCUT2D eigenvalue weighted by Gasteiger charge is 2.47. The van der Waals surface area contributed by atoms with Gasteiger partial charge in [0, 0.05) is 13.1 Å². The normalized spacial score (nSPS) is 18.9. The zero-order valence-corrected chi connectivity index (χ0v) is 19.7. The van der Waals surface area contributed by atoms with Crippen LogP contribution in [0.15, 0.2) is 53.1 Å². The molecule has 0 bridgehead atoms. The second kappa shape index (κ2) is 8.59. The molecule has 8 heteroatoms. The average molecular weight is 464 g/mol. The maximum Gasteiger partial charge on any atom is 0.271 e. The Morgan fingerprint density at radius 1 is 1.12 bits per heavy atom. The molecule has 1 aromatic carbocycles. The summed E-state index contributed by atoms with van der Waals surface area (Å²) in [5, 5.41) is 3.07. The van der Waals surface area contributed by atoms with E-state index in [1.165, 1.54) is 0 Å². The van der Waals surface area contributed by atoms with Gasteiger partial charge in [-0.2, -0.15) is 0 Å². The van der Waals surface area contributed by atoms with Crippen molar-refractivity contribution in [3.8, 4) is 23.0 Å². The van der Waals surface area contributed by atoms with Gasteiger partial charge in [0.05, 0.1) is 18.5 Å². The Morgan fingerprint density at radius 2 is 1.91 bits per heavy atom. The summed E-state index contributed by atoms with van der Waals surface area (Å²) in [5.41, 5.74) is 1.07. The second-order valence-electron chi connectivity index (χ2n) is 9.46. The molecule has 3 aromatic rings. The molecular weight excluding hydrogens is 434 g/mol. The maximum absolute atomic E-state index is 13.8. The number of furan rings is 1. The van der Waals surface area contributed by atoms with Gasteiger partial charge in [-0.15, -0.1) is 0 Å². The first-order valence-electron chi connectivity index (χ1n) is 11.6. The van der Waals surface area contributed by atoms with Crippen LogP contribution >= 0.6 is 0 Å². The first kappa shape index (κ1) is 22.1. The highest BCUT2D eigenvalue weighted by molar-refractivity contribution is 6.00. The molecule has 0 saturated heterocycles. The van der Waals surface area contributed by atoms with Gasteiger partial charge in [0.15, 0.2) is 11.5 Å². The van der Waals surface area contributed by atoms with Crippen LogP contribution in [0.1, 0.15) is 43.2 Å². The number of fused-ring (bicyclic) bond motifs is 2. The first-order valence-corrected chi connectivity index (χ1v) is 11.6. The molecule has 2 aromatic heterocycles. The van der Waals surface area contributed by atoms with Crippen molar-refractivity contribution in [2.75, 3.05) is 13.3 Å². The molecule has 0 unspecified atom stereocenters. The number of hydrogen-bond donors (Lipinski definition) is 1. The van der Waals surface area contributed by atoms with Crippen molar-refractivity contribution < 1.29 is 23.5 Å². The lowest BCUT2D eigenvalue weighted by atomic mass is 9.93. The van der Waals surface area contributed by atoms with Gasteiger partial charge in [0.2, 0.25) is 12.7 Å². The van der Waals surface area contributed by atoms with Crippen LogP contribution in [0.25, 0.3) is 11.5 Å². The predicted octanol–water partition coefficient (Wildman–Crippen LogP) is 4.05. The molecule has 8 nitrogen and oxygen atoms in total. The number of hydrogen-bond acceptors (Lipinski definition) is 5. The van der Waals surface area contributed by atoms with E-state index in [2.05, 4.69) is 19.2 Å². The lowest BCUT2D eigenvalue weighted by Gasteiger charge is -2.44. The Bertz CT molecular complexity index is 1210. The van der Waals surface area contributed by atoms with Gasteiger partial charge in [-0.1, -0.05) is 19.9 Å². The van der Waals surface area contributed by atoms with Crippen molar-refractivity contribution in [2.24, 2.45) is 5.92 Å². The summed E-state index contributed by atoms with van der Waals surface area (Å²) in [6.45, 7) is 7.39. The minimum Gasteiger partial charge on any atom is -0.463 e. The molecule has 34 heavy (non-hydrogen) atoms. The highest BCUT2D eigenvalue weighted by atomic mass is 16.7. The van der Waals surface area contributed by atoms with Crippen LogP contribution in [-0.4, -0.2) is 40.2 Å². The number of benzene rings is 1. The van der Waals surface area contributed by atoms with Crippen molar-refractivity contribution in [3.63, 3.8) is 0 Å². The number of carbonyl (C=O) groups excluding carboxylic acids is 2. The molecule has 5 rings (SSSR count). The molecule has 0 radical (unpaired) electrons. The van der Waals surface area contributed by atoms with Crippen LogP contribution in [0.3, 0.4) is 0 Å². The number of rotatable bonds is 7. The Hall–Kier alpha value is -3.68. The van der Waals surface area contributed by atoms with Gasteiger partial charge in [-0.25, -0.2) is 0 Å². The average Bonchev–Trinajstić information content (AvgIpc) is 3.56. The molecule has 0 saturated carbocycles. The van der Waals surface area contributed by atoms with E-state index in [1.807, 2.05) is 47.9 Å². The number of ether oxygens (including phenoxy) is 2. The van der Waals surface area contributed by atoms with Crippen molar-refractivity contribution in [2.45, 2.75) is 45.8 Å². The molecule has 1 N–H and O–H groups in total. The fourth-order valence-corrected chi connectivity index (χ4v) is 4.55. The van der Waals surface area contributed by atoms with Gasteiger partial charge >= 0.3 is 0 Å². The molecule has 178 valence electrons. The van der Waals surface area contributed by atoms with Gasteiger partial charge < -0.3 is 28.7 Å². The summed E-state index contributed by atoms with van der Waals surface area (Å²) in [7, 11) is 0. The molecule has 0 fully saturated rings. The van der Waals surface area contributed by atoms with E-state index in [1.54, 1.807) is 17.2 Å². The van der Waals surface area contributed by atoms with Gasteiger partial charge in [0.1, 0.15) is 17.0 Å². The largest absolute Gasteiger partial charge is 0.463 e. The third-order valence-corrected chi connectivity index (χ3v) is 6.55. The molecule has 0 aliphatic carbocycles. The Balaban J connectivity index is 1.51. The van der Waals surface area contributed by atoms with Gasteiger partial charge in [0.25, 0.3) is 5.91 Å². The number of nitrogens with one attached hydrogen (secondary N) is 1. The highest BCUT2D eigenvalue weighted by Crippen LogP contribution is 2.37. The van der Waals surface area contributed by atoms with Crippen molar-refractivity contribution in [1.29, 1.82) is 0 Å². The quantitative estimate of drug-likeness (QED) is 0.571. The van der Waals surface area contributed by atoms with Crippen LogP contribution in [0.4, 0.5) is 0 Å². The zero-order chi connectivity index (χ0) is 23.9. The van der Waals surface area contributed by atoms with Crippen molar-refractivity contribution >= 4 is 11.8 Å². The van der Waals surface area contributed by atoms with Crippen LogP contribution in [0, 0.1) is 5.92 Å². The number of amides is 2. The molecular formula is C26H29N3O5. The van der Waals surface area contributed by atoms with E-state index in [-0.39, 0.29) is 25.2 Å². The van der Waals surface area contributed by atoms with E-state index in [9.17, 15) is 9.59 Å². The Labute approximate surface area is 198 Å². The summed E-state index contributed by atoms with van der Waals surface area (Å²) < 4.78 is 18.4. The molecule has 2 aliphatic heterocycles. The lowest BCUT2D eigenvalue weighted by Crippen LogP contribution is -2.63. The van der Waals surface area contributed by atoms with Crippen LogP contribution < -0.4 is 14.8 Å². The van der Waals surface area contributed by atoms with Crippen molar-refractivity contribution in [3.05, 3.63) is 60.0 Å². The summed E-state index contributed by atoms with van der Waals surface area (Å²) in [4.78, 5) is 29.0. The Kier molecular flexibility index (Phi) is 5.59. The van der Waals surface area contributed by atoms with E-state index in [0.717, 1.165) is 17.7 Å². The van der Waals surface area contributed by atoms with E-state index < -0.39 is 5.54 Å². The SMILES string of the molecule is CC(C)CCNC(=O)[C@]1(C)Cn2c(ccc2-c2ccco2)C(=O)N1Cc1ccc2c(c1)OCO2. The third kappa shape index (κ3) is 3.83. The summed E-state index contributed by atoms with van der Waals surface area (Å²) in [6, 6.07) is 12.9. The standard InChI is InChI=1S/C26H29N3O5/c1-17(2)10-11-27-25(31)26(3)15-28-19(21-5-4-12-32-21)7-8-20(28)24(30)29(26)14-18-6-9-22-23(13-18)34-16-33-22/h4-9,12-13,17H,10-11,14-16H2,1-3H3,(H,27,31)/t26-/m0/s1. The summed E-state index contributed by atoms with van der Waals surface area (Å²) in [5.74, 6) is 2.07. The number of carbonyl (C=O) groups is 2. The van der Waals surface area contributed by atoms with Crippen LogP contribution in [0.2, 0.25) is 0 Å². The minimum atomic E-state index is -1.10. The fraction of sp³-hybridized carbons (Fsp3) is 0.385. The zero-order valence-electron chi connectivity index (χ0n) is 19.7. The predicted molar refractivity (Wildman–Crippen MR) is 125 cm³/mol. The second-order valence-corrected chi connectivity index (χ2v) is 9.46. The van der Waals surface area contributed by atoms with Crippen LogP contribution in [-0.2, 0) is 17.9 Å². The Morgan fingerprint density at radius 3 is 2.68 bits per heavy atom.